The highest BCUT2D eigenvalue weighted by atomic mass is 32.2. The summed E-state index contributed by atoms with van der Waals surface area (Å²) in [5.74, 6) is 1.10. The van der Waals surface area contributed by atoms with Gasteiger partial charge in [0.2, 0.25) is 5.16 Å². The summed E-state index contributed by atoms with van der Waals surface area (Å²) >= 11 is 0.992. The molecule has 0 spiro atoms. The molecule has 3 heterocycles. The molecule has 0 N–H and O–H groups in total. The third-order valence-electron chi connectivity index (χ3n) is 4.68. The first-order valence-electron chi connectivity index (χ1n) is 9.54. The van der Waals surface area contributed by atoms with Crippen LogP contribution in [0.25, 0.3) is 17.1 Å². The monoisotopic (exact) mass is 440 g/mol. The van der Waals surface area contributed by atoms with Gasteiger partial charge in [-0.15, -0.1) is 5.10 Å². The quantitative estimate of drug-likeness (QED) is 0.399. The van der Waals surface area contributed by atoms with Crippen molar-refractivity contribution in [1.82, 2.24) is 29.7 Å². The Morgan fingerprint density at radius 1 is 0.935 bits per heavy atom. The maximum Gasteiger partial charge on any atom is 0.433 e. The van der Waals surface area contributed by atoms with Crippen LogP contribution in [0.5, 0.6) is 0 Å². The Balaban J connectivity index is 1.54. The van der Waals surface area contributed by atoms with Crippen LogP contribution in [-0.4, -0.2) is 29.7 Å². The first-order valence-corrected chi connectivity index (χ1v) is 10.4. The number of nitrogens with zero attached hydrogens (tertiary/aromatic N) is 6. The van der Waals surface area contributed by atoms with E-state index in [0.29, 0.717) is 16.6 Å². The summed E-state index contributed by atoms with van der Waals surface area (Å²) in [7, 11) is 0. The Hall–Kier alpha value is -3.27. The van der Waals surface area contributed by atoms with E-state index < -0.39 is 11.9 Å². The number of hydrogen-bond acceptors (Lipinski definition) is 6. The molecule has 0 saturated heterocycles. The molecule has 6 nitrogen and oxygen atoms in total. The molecule has 156 valence electrons. The number of pyridine rings is 1. The van der Waals surface area contributed by atoms with Crippen LogP contribution < -0.4 is 0 Å². The van der Waals surface area contributed by atoms with Crippen LogP contribution >= 0.6 is 11.8 Å². The van der Waals surface area contributed by atoms with Crippen molar-refractivity contribution in [3.05, 3.63) is 72.4 Å². The van der Waals surface area contributed by atoms with E-state index in [0.717, 1.165) is 42.2 Å². The zero-order valence-electron chi connectivity index (χ0n) is 16.0. The molecular weight excluding hydrogens is 425 g/mol. The van der Waals surface area contributed by atoms with E-state index in [1.54, 1.807) is 16.8 Å². The van der Waals surface area contributed by atoms with Crippen LogP contribution in [0, 0.1) is 0 Å². The number of rotatable bonds is 5. The second kappa shape index (κ2) is 7.77. The zero-order chi connectivity index (χ0) is 21.4. The molecule has 0 bridgehead atoms. The Morgan fingerprint density at radius 3 is 2.35 bits per heavy atom. The van der Waals surface area contributed by atoms with Gasteiger partial charge in [-0.2, -0.15) is 13.2 Å². The third-order valence-corrected chi connectivity index (χ3v) is 5.46. The Morgan fingerprint density at radius 2 is 1.68 bits per heavy atom. The fourth-order valence-electron chi connectivity index (χ4n) is 3.06. The molecule has 0 radical (unpaired) electrons. The second-order valence-electron chi connectivity index (χ2n) is 7.02. The smallest absolute Gasteiger partial charge is 0.265 e. The molecule has 5 rings (SSSR count). The fraction of sp³-hybridized carbons (Fsp3) is 0.190. The summed E-state index contributed by atoms with van der Waals surface area (Å²) in [5.41, 5.74) is 0.297. The minimum absolute atomic E-state index is 0.0235. The molecule has 1 aromatic carbocycles. The van der Waals surface area contributed by atoms with Crippen molar-refractivity contribution in [2.75, 3.05) is 0 Å². The molecule has 1 saturated carbocycles. The normalized spacial score (nSPS) is 14.0. The van der Waals surface area contributed by atoms with Crippen LogP contribution in [-0.2, 0) is 6.18 Å². The lowest BCUT2D eigenvalue weighted by Gasteiger charge is -2.09. The maximum atomic E-state index is 13.5. The van der Waals surface area contributed by atoms with Gasteiger partial charge in [0.15, 0.2) is 5.82 Å². The van der Waals surface area contributed by atoms with Gasteiger partial charge in [-0.25, -0.2) is 19.6 Å². The summed E-state index contributed by atoms with van der Waals surface area (Å²) in [4.78, 5) is 16.5. The summed E-state index contributed by atoms with van der Waals surface area (Å²) in [5, 5.41) is 5.02. The lowest BCUT2D eigenvalue weighted by molar-refractivity contribution is -0.141. The van der Waals surface area contributed by atoms with E-state index in [-0.39, 0.29) is 10.9 Å². The molecule has 0 aliphatic heterocycles. The van der Waals surface area contributed by atoms with E-state index in [1.807, 2.05) is 30.3 Å². The first-order chi connectivity index (χ1) is 15.0. The molecule has 10 heteroatoms. The molecule has 3 aromatic heterocycles. The van der Waals surface area contributed by atoms with Crippen molar-refractivity contribution in [2.24, 2.45) is 0 Å². The van der Waals surface area contributed by atoms with Gasteiger partial charge in [-0.05, 0) is 48.9 Å². The number of aromatic nitrogens is 6. The Labute approximate surface area is 179 Å². The van der Waals surface area contributed by atoms with Crippen LogP contribution in [0.4, 0.5) is 13.2 Å². The van der Waals surface area contributed by atoms with E-state index in [2.05, 4.69) is 25.0 Å². The standard InChI is InChI=1S/C21H15F3N6S/c22-21(23,24)16-12-17(27-18(26-16)13-8-10-25-11-9-13)31-20-28-19(14-6-7-14)30(29-20)15-4-2-1-3-5-15/h1-5,8-12,14H,6-7H2. The van der Waals surface area contributed by atoms with Crippen LogP contribution in [0.2, 0.25) is 0 Å². The summed E-state index contributed by atoms with van der Waals surface area (Å²) in [6.45, 7) is 0. The highest BCUT2D eigenvalue weighted by molar-refractivity contribution is 7.99. The molecule has 1 aliphatic carbocycles. The SMILES string of the molecule is FC(F)(F)c1cc(Sc2nc(C3CC3)n(-c3ccccc3)n2)nc(-c2ccncc2)n1. The fourth-order valence-corrected chi connectivity index (χ4v) is 3.81. The largest absolute Gasteiger partial charge is 0.433 e. The molecule has 1 fully saturated rings. The van der Waals surface area contributed by atoms with Crippen molar-refractivity contribution in [2.45, 2.75) is 35.1 Å². The van der Waals surface area contributed by atoms with Crippen LogP contribution in [0.1, 0.15) is 30.3 Å². The molecule has 0 atom stereocenters. The topological polar surface area (TPSA) is 69.4 Å². The minimum atomic E-state index is -4.60. The summed E-state index contributed by atoms with van der Waals surface area (Å²) < 4.78 is 42.1. The van der Waals surface area contributed by atoms with Gasteiger partial charge >= 0.3 is 6.18 Å². The van der Waals surface area contributed by atoms with Gasteiger partial charge in [0, 0.05) is 29.9 Å². The number of hydrogen-bond donors (Lipinski definition) is 0. The van der Waals surface area contributed by atoms with E-state index >= 15 is 0 Å². The lowest BCUT2D eigenvalue weighted by Crippen LogP contribution is -2.10. The molecule has 31 heavy (non-hydrogen) atoms. The van der Waals surface area contributed by atoms with Crippen molar-refractivity contribution in [3.8, 4) is 17.1 Å². The number of para-hydroxylation sites is 1. The van der Waals surface area contributed by atoms with E-state index in [1.165, 1.54) is 12.4 Å². The van der Waals surface area contributed by atoms with Gasteiger partial charge in [0.05, 0.1) is 5.69 Å². The van der Waals surface area contributed by atoms with Gasteiger partial charge in [0.1, 0.15) is 16.5 Å². The maximum absolute atomic E-state index is 13.5. The van der Waals surface area contributed by atoms with Crippen molar-refractivity contribution in [3.63, 3.8) is 0 Å². The number of benzene rings is 1. The van der Waals surface area contributed by atoms with Gasteiger partial charge in [-0.1, -0.05) is 18.2 Å². The van der Waals surface area contributed by atoms with Crippen LogP contribution in [0.3, 0.4) is 0 Å². The van der Waals surface area contributed by atoms with E-state index in [4.69, 9.17) is 0 Å². The zero-order valence-corrected chi connectivity index (χ0v) is 16.8. The van der Waals surface area contributed by atoms with Gasteiger partial charge in [-0.3, -0.25) is 4.98 Å². The average Bonchev–Trinajstić information content (AvgIpc) is 3.54. The van der Waals surface area contributed by atoms with Crippen molar-refractivity contribution >= 4 is 11.8 Å². The van der Waals surface area contributed by atoms with Crippen LogP contribution in [0.15, 0.2) is 71.1 Å². The first kappa shape index (κ1) is 19.7. The highest BCUT2D eigenvalue weighted by Crippen LogP contribution is 2.41. The number of alkyl halides is 3. The number of halogens is 3. The van der Waals surface area contributed by atoms with Crippen molar-refractivity contribution in [1.29, 1.82) is 0 Å². The molecule has 1 aliphatic rings. The van der Waals surface area contributed by atoms with Gasteiger partial charge < -0.3 is 0 Å². The molecule has 0 unspecified atom stereocenters. The Bertz CT molecular complexity index is 1210. The van der Waals surface area contributed by atoms with E-state index in [9.17, 15) is 13.2 Å². The van der Waals surface area contributed by atoms with Crippen molar-refractivity contribution < 1.29 is 13.2 Å². The molecule has 0 amide bonds. The predicted octanol–water partition coefficient (Wildman–Crippen LogP) is 5.17. The highest BCUT2D eigenvalue weighted by Gasteiger charge is 2.34. The summed E-state index contributed by atoms with van der Waals surface area (Å²) in [6.07, 6.45) is 0.407. The molecule has 4 aromatic rings. The average molecular weight is 440 g/mol. The minimum Gasteiger partial charge on any atom is -0.265 e. The second-order valence-corrected chi connectivity index (χ2v) is 8.01. The molecular formula is C21H15F3N6S. The Kier molecular flexibility index (Phi) is 4.93. The lowest BCUT2D eigenvalue weighted by atomic mass is 10.2. The predicted molar refractivity (Wildman–Crippen MR) is 108 cm³/mol. The third kappa shape index (κ3) is 4.29. The summed E-state index contributed by atoms with van der Waals surface area (Å²) in [6, 6.07) is 13.6. The van der Waals surface area contributed by atoms with Gasteiger partial charge in [0.25, 0.3) is 0 Å².